The van der Waals surface area contributed by atoms with Crippen molar-refractivity contribution in [3.63, 3.8) is 0 Å². The van der Waals surface area contributed by atoms with Gasteiger partial charge in [0.1, 0.15) is 17.0 Å². The monoisotopic (exact) mass is 626 g/mol. The van der Waals surface area contributed by atoms with Crippen LogP contribution in [0.5, 0.6) is 11.5 Å². The van der Waals surface area contributed by atoms with Crippen molar-refractivity contribution < 1.29 is 28.5 Å². The van der Waals surface area contributed by atoms with Gasteiger partial charge < -0.3 is 28.5 Å². The maximum absolute atomic E-state index is 12.3. The molecule has 8 heteroatoms. The van der Waals surface area contributed by atoms with Gasteiger partial charge >= 0.3 is 11.9 Å². The summed E-state index contributed by atoms with van der Waals surface area (Å²) < 4.78 is 23.6. The van der Waals surface area contributed by atoms with Crippen molar-refractivity contribution in [2.24, 2.45) is 0 Å². The van der Waals surface area contributed by atoms with Crippen molar-refractivity contribution in [2.75, 3.05) is 28.4 Å². The predicted octanol–water partition coefficient (Wildman–Crippen LogP) is 6.78. The average molecular weight is 627 g/mol. The van der Waals surface area contributed by atoms with Crippen molar-refractivity contribution in [2.45, 2.75) is 77.7 Å². The van der Waals surface area contributed by atoms with Crippen molar-refractivity contribution in [1.29, 1.82) is 0 Å². The Kier molecular flexibility index (Phi) is 9.12. The molecule has 244 valence electrons. The first-order chi connectivity index (χ1) is 22.0. The molecule has 0 amide bonds. The van der Waals surface area contributed by atoms with Crippen LogP contribution in [-0.4, -0.2) is 49.9 Å². The molecule has 2 unspecified atom stereocenters. The zero-order valence-electron chi connectivity index (χ0n) is 28.6. The number of carbonyl (C=O) groups is 2. The number of benzene rings is 2. The van der Waals surface area contributed by atoms with Crippen LogP contribution in [-0.2, 0) is 42.9 Å². The van der Waals surface area contributed by atoms with E-state index in [1.54, 1.807) is 14.2 Å². The summed E-state index contributed by atoms with van der Waals surface area (Å²) in [7, 11) is 6.23. The number of rotatable bonds is 11. The van der Waals surface area contributed by atoms with Gasteiger partial charge in [-0.05, 0) is 112 Å². The molecule has 1 aliphatic heterocycles. The van der Waals surface area contributed by atoms with Gasteiger partial charge in [-0.15, -0.1) is 0 Å². The molecule has 5 rings (SSSR count). The number of nitrogens with one attached hydrogen (secondary N) is 1. The van der Waals surface area contributed by atoms with Crippen LogP contribution in [0.3, 0.4) is 0 Å². The van der Waals surface area contributed by atoms with Gasteiger partial charge in [0.15, 0.2) is 0 Å². The molecule has 1 aliphatic rings. The Morgan fingerprint density at radius 1 is 0.739 bits per heavy atom. The molecule has 46 heavy (non-hydrogen) atoms. The Hall–Kier alpha value is -4.46. The second-order valence-corrected chi connectivity index (χ2v) is 12.6. The Morgan fingerprint density at radius 3 is 1.74 bits per heavy atom. The molecule has 0 bridgehead atoms. The number of methoxy groups -OCH3 is 4. The number of aromatic nitrogens is 2. The van der Waals surface area contributed by atoms with Gasteiger partial charge in [-0.1, -0.05) is 24.3 Å². The highest BCUT2D eigenvalue weighted by molar-refractivity contribution is 5.70. The van der Waals surface area contributed by atoms with Gasteiger partial charge in [-0.2, -0.15) is 0 Å². The molecule has 0 radical (unpaired) electrons. The van der Waals surface area contributed by atoms with Crippen LogP contribution in [0.4, 0.5) is 0 Å². The SMILES string of the molecule is COC(=O)CCc1c(C)[nH]c(C2(c3ccc(OC)cc3)CC(C)(c3ccc(OC)cc3)c3c(C)c(CCC(=O)OC)c(C)n32)c1C. The molecule has 0 aliphatic carbocycles. The van der Waals surface area contributed by atoms with Crippen LogP contribution >= 0.6 is 0 Å². The zero-order valence-corrected chi connectivity index (χ0v) is 28.6. The molecular weight excluding hydrogens is 580 g/mol. The molecule has 0 spiro atoms. The fourth-order valence-corrected chi connectivity index (χ4v) is 7.94. The molecule has 2 aromatic heterocycles. The summed E-state index contributed by atoms with van der Waals surface area (Å²) in [5.41, 5.74) is 10.3. The maximum atomic E-state index is 12.3. The van der Waals surface area contributed by atoms with Gasteiger partial charge in [0.25, 0.3) is 0 Å². The third-order valence-corrected chi connectivity index (χ3v) is 10.2. The fraction of sp³-hybridized carbons (Fsp3) is 0.421. The van der Waals surface area contributed by atoms with Crippen molar-refractivity contribution >= 4 is 11.9 Å². The number of fused-ring (bicyclic) bond motifs is 1. The summed E-state index contributed by atoms with van der Waals surface area (Å²) in [6, 6.07) is 16.7. The van der Waals surface area contributed by atoms with Gasteiger partial charge in [0.05, 0.1) is 28.4 Å². The number of esters is 2. The van der Waals surface area contributed by atoms with E-state index in [-0.39, 0.29) is 11.9 Å². The third-order valence-electron chi connectivity index (χ3n) is 10.2. The average Bonchev–Trinajstić information content (AvgIpc) is 3.63. The number of ether oxygens (including phenoxy) is 4. The molecular formula is C38H46N2O6. The Labute approximate surface area is 272 Å². The zero-order chi connectivity index (χ0) is 33.4. The van der Waals surface area contributed by atoms with Crippen LogP contribution in [0.2, 0.25) is 0 Å². The molecule has 1 N–H and O–H groups in total. The molecule has 4 aromatic rings. The predicted molar refractivity (Wildman–Crippen MR) is 178 cm³/mol. The summed E-state index contributed by atoms with van der Waals surface area (Å²) in [5.74, 6) is 1.14. The number of hydrogen-bond acceptors (Lipinski definition) is 6. The first-order valence-electron chi connectivity index (χ1n) is 15.8. The minimum absolute atomic E-state index is 0.226. The van der Waals surface area contributed by atoms with E-state index in [1.807, 2.05) is 24.3 Å². The van der Waals surface area contributed by atoms with Crippen molar-refractivity contribution in [1.82, 2.24) is 9.55 Å². The van der Waals surface area contributed by atoms with E-state index >= 15 is 0 Å². The minimum atomic E-state index is -0.646. The second-order valence-electron chi connectivity index (χ2n) is 12.6. The maximum Gasteiger partial charge on any atom is 0.305 e. The van der Waals surface area contributed by atoms with E-state index in [2.05, 4.69) is 68.4 Å². The van der Waals surface area contributed by atoms with E-state index in [0.29, 0.717) is 25.7 Å². The molecule has 3 heterocycles. The summed E-state index contributed by atoms with van der Waals surface area (Å²) in [6.07, 6.45) is 2.50. The number of carbonyl (C=O) groups excluding carboxylic acids is 2. The first kappa shape index (κ1) is 32.9. The highest BCUT2D eigenvalue weighted by Crippen LogP contribution is 2.58. The lowest BCUT2D eigenvalue weighted by molar-refractivity contribution is -0.141. The normalized spacial score (nSPS) is 18.7. The van der Waals surface area contributed by atoms with E-state index < -0.39 is 11.0 Å². The summed E-state index contributed by atoms with van der Waals surface area (Å²) >= 11 is 0. The van der Waals surface area contributed by atoms with E-state index in [4.69, 9.17) is 18.9 Å². The molecule has 2 aromatic carbocycles. The lowest BCUT2D eigenvalue weighted by atomic mass is 9.69. The van der Waals surface area contributed by atoms with E-state index in [0.717, 1.165) is 57.3 Å². The highest BCUT2D eigenvalue weighted by atomic mass is 16.5. The minimum Gasteiger partial charge on any atom is -0.497 e. The van der Waals surface area contributed by atoms with Gasteiger partial charge in [0, 0.05) is 41.0 Å². The van der Waals surface area contributed by atoms with Crippen molar-refractivity contribution in [3.05, 3.63) is 105 Å². The summed E-state index contributed by atoms with van der Waals surface area (Å²) in [5, 5.41) is 0. The van der Waals surface area contributed by atoms with Gasteiger partial charge in [-0.25, -0.2) is 0 Å². The lowest BCUT2D eigenvalue weighted by Gasteiger charge is -2.36. The third kappa shape index (κ3) is 5.27. The van der Waals surface area contributed by atoms with Crippen LogP contribution in [0, 0.1) is 27.7 Å². The number of hydrogen-bond donors (Lipinski definition) is 1. The molecule has 2 atom stereocenters. The van der Waals surface area contributed by atoms with E-state index in [1.165, 1.54) is 31.0 Å². The Balaban J connectivity index is 1.84. The van der Waals surface area contributed by atoms with Gasteiger partial charge in [-0.3, -0.25) is 9.59 Å². The molecule has 0 saturated carbocycles. The smallest absolute Gasteiger partial charge is 0.305 e. The molecule has 8 nitrogen and oxygen atoms in total. The van der Waals surface area contributed by atoms with Crippen LogP contribution in [0.1, 0.15) is 82.3 Å². The summed E-state index contributed by atoms with van der Waals surface area (Å²) in [6.45, 7) is 10.9. The van der Waals surface area contributed by atoms with E-state index in [9.17, 15) is 9.59 Å². The van der Waals surface area contributed by atoms with Crippen molar-refractivity contribution in [3.8, 4) is 11.5 Å². The quantitative estimate of drug-likeness (QED) is 0.185. The van der Waals surface area contributed by atoms with Crippen LogP contribution in [0.25, 0.3) is 0 Å². The van der Waals surface area contributed by atoms with Crippen LogP contribution in [0.15, 0.2) is 48.5 Å². The first-order valence-corrected chi connectivity index (χ1v) is 15.8. The van der Waals surface area contributed by atoms with Gasteiger partial charge in [0.2, 0.25) is 0 Å². The fourth-order valence-electron chi connectivity index (χ4n) is 7.94. The topological polar surface area (TPSA) is 91.8 Å². The largest absolute Gasteiger partial charge is 0.497 e. The Morgan fingerprint density at radius 2 is 1.24 bits per heavy atom. The number of aromatic amines is 1. The Bertz CT molecular complexity index is 1750. The molecule has 0 fully saturated rings. The highest BCUT2D eigenvalue weighted by Gasteiger charge is 2.56. The lowest BCUT2D eigenvalue weighted by Crippen LogP contribution is -2.36. The number of nitrogens with zero attached hydrogens (tertiary/aromatic N) is 1. The number of aryl methyl sites for hydroxylation is 1. The number of H-pyrrole nitrogens is 1. The molecule has 0 saturated heterocycles. The summed E-state index contributed by atoms with van der Waals surface area (Å²) in [4.78, 5) is 28.4. The van der Waals surface area contributed by atoms with Crippen LogP contribution < -0.4 is 9.47 Å². The second kappa shape index (κ2) is 12.7. The standard InChI is InChI=1S/C38H46N2O6/c1-23-31(18-20-33(41)45-8)25(3)39-35(23)38(28-12-16-30(44-7)17-13-28)22-37(5,27-10-14-29(43-6)15-11-27)36-24(2)32(26(4)40(36)38)19-21-34(42)46-9/h10-17,39H,18-22H2,1-9H3.